The molecule has 1 rings (SSSR count). The minimum absolute atomic E-state index is 0. The van der Waals surface area contributed by atoms with Gasteiger partial charge in [0.05, 0.1) is 4.90 Å². The number of rotatable bonds is 2. The largest absolute Gasteiger partial charge is 0.478 e. The first-order valence-corrected chi connectivity index (χ1v) is 6.01. The van der Waals surface area contributed by atoms with Crippen molar-refractivity contribution in [2.24, 2.45) is 0 Å². The summed E-state index contributed by atoms with van der Waals surface area (Å²) < 4.78 is 29.6. The van der Waals surface area contributed by atoms with Gasteiger partial charge in [-0.05, 0) is 26.0 Å². The summed E-state index contributed by atoms with van der Waals surface area (Å²) in [5.41, 5.74) is 1.13. The molecule has 0 heterocycles. The number of aliphatic carboxylic acids is 1. The SMILES string of the molecule is C=C(C)C(=O)O.Cc1ccc(S(=O)(=O)O)cc1.N. The molecule has 0 aromatic heterocycles. The van der Waals surface area contributed by atoms with Gasteiger partial charge in [0.1, 0.15) is 0 Å². The maximum absolute atomic E-state index is 10.5. The molecule has 102 valence electrons. The van der Waals surface area contributed by atoms with E-state index in [-0.39, 0.29) is 16.6 Å². The molecule has 7 heteroatoms. The zero-order valence-corrected chi connectivity index (χ0v) is 11.1. The molecular weight excluding hydrogens is 258 g/mol. The van der Waals surface area contributed by atoms with Crippen LogP contribution >= 0.6 is 0 Å². The molecular formula is C11H17NO5S. The van der Waals surface area contributed by atoms with Crippen LogP contribution in [-0.2, 0) is 14.9 Å². The van der Waals surface area contributed by atoms with Crippen molar-refractivity contribution in [1.29, 1.82) is 0 Å². The topological polar surface area (TPSA) is 127 Å². The first-order valence-electron chi connectivity index (χ1n) is 4.57. The Labute approximate surface area is 106 Å². The third-order valence-corrected chi connectivity index (χ3v) is 2.55. The summed E-state index contributed by atoms with van der Waals surface area (Å²) in [4.78, 5) is 9.53. The van der Waals surface area contributed by atoms with Gasteiger partial charge in [-0.25, -0.2) is 4.79 Å². The van der Waals surface area contributed by atoms with Gasteiger partial charge in [0.25, 0.3) is 10.1 Å². The zero-order valence-electron chi connectivity index (χ0n) is 10.3. The fourth-order valence-electron chi connectivity index (χ4n) is 0.710. The molecule has 0 aliphatic rings. The average Bonchev–Trinajstić information content (AvgIpc) is 2.17. The predicted octanol–water partition coefficient (Wildman–Crippen LogP) is 2.05. The summed E-state index contributed by atoms with van der Waals surface area (Å²) >= 11 is 0. The molecule has 0 unspecified atom stereocenters. The molecule has 0 saturated heterocycles. The van der Waals surface area contributed by atoms with E-state index in [9.17, 15) is 13.2 Å². The van der Waals surface area contributed by atoms with E-state index in [0.29, 0.717) is 0 Å². The molecule has 18 heavy (non-hydrogen) atoms. The Bertz CT molecular complexity index is 493. The minimum Gasteiger partial charge on any atom is -0.478 e. The minimum atomic E-state index is -4.02. The third-order valence-electron chi connectivity index (χ3n) is 1.68. The van der Waals surface area contributed by atoms with Gasteiger partial charge >= 0.3 is 5.97 Å². The van der Waals surface area contributed by atoms with Gasteiger partial charge in [0.2, 0.25) is 0 Å². The van der Waals surface area contributed by atoms with Gasteiger partial charge in [-0.3, -0.25) is 4.55 Å². The van der Waals surface area contributed by atoms with E-state index in [1.165, 1.54) is 19.1 Å². The van der Waals surface area contributed by atoms with Crippen molar-refractivity contribution in [3.05, 3.63) is 42.0 Å². The smallest absolute Gasteiger partial charge is 0.330 e. The molecule has 0 saturated carbocycles. The quantitative estimate of drug-likeness (QED) is 0.560. The Morgan fingerprint density at radius 3 is 1.78 bits per heavy atom. The maximum atomic E-state index is 10.5. The van der Waals surface area contributed by atoms with Crippen LogP contribution in [0.1, 0.15) is 12.5 Å². The van der Waals surface area contributed by atoms with Crippen molar-refractivity contribution >= 4 is 16.1 Å². The lowest BCUT2D eigenvalue weighted by Gasteiger charge is -1.95. The van der Waals surface area contributed by atoms with Crippen molar-refractivity contribution < 1.29 is 22.9 Å². The number of hydrogen-bond acceptors (Lipinski definition) is 4. The first-order chi connectivity index (χ1) is 7.64. The zero-order chi connectivity index (χ0) is 13.6. The van der Waals surface area contributed by atoms with E-state index in [1.807, 2.05) is 6.92 Å². The van der Waals surface area contributed by atoms with Crippen molar-refractivity contribution in [3.8, 4) is 0 Å². The van der Waals surface area contributed by atoms with Crippen LogP contribution in [0.15, 0.2) is 41.3 Å². The lowest BCUT2D eigenvalue weighted by molar-refractivity contribution is -0.132. The fraction of sp³-hybridized carbons (Fsp3) is 0.182. The molecule has 0 fully saturated rings. The molecule has 1 aromatic carbocycles. The second kappa shape index (κ2) is 7.59. The molecule has 1 aromatic rings. The van der Waals surface area contributed by atoms with E-state index in [1.54, 1.807) is 12.1 Å². The third kappa shape index (κ3) is 7.55. The second-order valence-corrected chi connectivity index (χ2v) is 4.80. The maximum Gasteiger partial charge on any atom is 0.330 e. The number of aryl methyl sites for hydroxylation is 1. The van der Waals surface area contributed by atoms with E-state index in [2.05, 4.69) is 6.58 Å². The van der Waals surface area contributed by atoms with Crippen LogP contribution in [0.25, 0.3) is 0 Å². The lowest BCUT2D eigenvalue weighted by Crippen LogP contribution is -1.96. The van der Waals surface area contributed by atoms with Gasteiger partial charge in [-0.15, -0.1) is 0 Å². The highest BCUT2D eigenvalue weighted by atomic mass is 32.2. The summed E-state index contributed by atoms with van der Waals surface area (Å²) in [7, 11) is -4.02. The highest BCUT2D eigenvalue weighted by Gasteiger charge is 2.06. The highest BCUT2D eigenvalue weighted by molar-refractivity contribution is 7.85. The summed E-state index contributed by atoms with van der Waals surface area (Å²) in [6.45, 7) is 6.44. The van der Waals surface area contributed by atoms with Crippen molar-refractivity contribution in [1.82, 2.24) is 6.15 Å². The number of carboxylic acid groups (broad SMARTS) is 1. The molecule has 0 aliphatic heterocycles. The second-order valence-electron chi connectivity index (χ2n) is 3.37. The summed E-state index contributed by atoms with van der Waals surface area (Å²) in [6, 6.07) is 5.99. The first kappa shape index (κ1) is 18.7. The molecule has 5 N–H and O–H groups in total. The lowest BCUT2D eigenvalue weighted by atomic mass is 10.2. The number of carboxylic acids is 1. The molecule has 0 spiro atoms. The molecule has 6 nitrogen and oxygen atoms in total. The van der Waals surface area contributed by atoms with Crippen LogP contribution in [0, 0.1) is 6.92 Å². The Morgan fingerprint density at radius 2 is 1.56 bits per heavy atom. The molecule has 0 radical (unpaired) electrons. The monoisotopic (exact) mass is 275 g/mol. The fourth-order valence-corrected chi connectivity index (χ4v) is 1.19. The highest BCUT2D eigenvalue weighted by Crippen LogP contribution is 2.08. The Hall–Kier alpha value is -1.70. The van der Waals surface area contributed by atoms with Gasteiger partial charge in [0.15, 0.2) is 0 Å². The van der Waals surface area contributed by atoms with Crippen LogP contribution in [0.3, 0.4) is 0 Å². The number of hydrogen-bond donors (Lipinski definition) is 3. The van der Waals surface area contributed by atoms with Crippen LogP contribution in [0.4, 0.5) is 0 Å². The van der Waals surface area contributed by atoms with E-state index >= 15 is 0 Å². The van der Waals surface area contributed by atoms with E-state index in [4.69, 9.17) is 9.66 Å². The average molecular weight is 275 g/mol. The Morgan fingerprint density at radius 1 is 1.22 bits per heavy atom. The summed E-state index contributed by atoms with van der Waals surface area (Å²) in [5, 5.41) is 7.89. The van der Waals surface area contributed by atoms with Crippen LogP contribution in [-0.4, -0.2) is 24.0 Å². The van der Waals surface area contributed by atoms with Gasteiger partial charge in [-0.1, -0.05) is 24.3 Å². The predicted molar refractivity (Wildman–Crippen MR) is 68.5 cm³/mol. The van der Waals surface area contributed by atoms with Crippen LogP contribution in [0.2, 0.25) is 0 Å². The van der Waals surface area contributed by atoms with E-state index < -0.39 is 16.1 Å². The Kier molecular flexibility index (Phi) is 7.87. The molecule has 0 amide bonds. The molecule has 0 aliphatic carbocycles. The van der Waals surface area contributed by atoms with Gasteiger partial charge < -0.3 is 11.3 Å². The number of carbonyl (C=O) groups is 1. The van der Waals surface area contributed by atoms with Crippen LogP contribution < -0.4 is 6.15 Å². The van der Waals surface area contributed by atoms with Gasteiger partial charge in [0, 0.05) is 5.57 Å². The summed E-state index contributed by atoms with van der Waals surface area (Å²) in [5.74, 6) is -0.935. The molecule has 0 atom stereocenters. The van der Waals surface area contributed by atoms with Crippen molar-refractivity contribution in [2.45, 2.75) is 18.7 Å². The normalized spacial score (nSPS) is 9.50. The van der Waals surface area contributed by atoms with Crippen molar-refractivity contribution in [2.75, 3.05) is 0 Å². The van der Waals surface area contributed by atoms with Crippen molar-refractivity contribution in [3.63, 3.8) is 0 Å². The van der Waals surface area contributed by atoms with Crippen LogP contribution in [0.5, 0.6) is 0 Å². The van der Waals surface area contributed by atoms with E-state index in [0.717, 1.165) is 5.56 Å². The van der Waals surface area contributed by atoms with Gasteiger partial charge in [-0.2, -0.15) is 8.42 Å². The Balaban J connectivity index is 0. The molecule has 0 bridgehead atoms. The summed E-state index contributed by atoms with van der Waals surface area (Å²) in [6.07, 6.45) is 0. The number of benzene rings is 1. The standard InChI is InChI=1S/C7H8O3S.C4H6O2.H3N/c1-6-2-4-7(5-3-6)11(8,9)10;1-3(2)4(5)6;/h2-5H,1H3,(H,8,9,10);1H2,2H3,(H,5,6);1H3.